The number of fused-ring (bicyclic) bond motifs is 1. The molecule has 1 aromatic carbocycles. The highest BCUT2D eigenvalue weighted by Crippen LogP contribution is 2.27. The molecule has 0 bridgehead atoms. The molecular formula is C18H21NO2S. The third-order valence-corrected chi connectivity index (χ3v) is 5.17. The Labute approximate surface area is 135 Å². The molecule has 0 radical (unpaired) electrons. The largest absolute Gasteiger partial charge is 0.388 e. The number of carbonyl (C=O) groups excluding carboxylic acids is 1. The summed E-state index contributed by atoms with van der Waals surface area (Å²) in [5.74, 6) is 0.151. The summed E-state index contributed by atoms with van der Waals surface area (Å²) in [4.78, 5) is 15.9. The Hall–Kier alpha value is -1.65. The van der Waals surface area contributed by atoms with Crippen LogP contribution in [0.2, 0.25) is 0 Å². The molecule has 0 aliphatic carbocycles. The number of benzene rings is 1. The Morgan fingerprint density at radius 3 is 2.95 bits per heavy atom. The highest BCUT2D eigenvalue weighted by molar-refractivity contribution is 7.09. The summed E-state index contributed by atoms with van der Waals surface area (Å²) in [7, 11) is 0. The molecule has 2 heterocycles. The Morgan fingerprint density at radius 2 is 2.18 bits per heavy atom. The second-order valence-corrected chi connectivity index (χ2v) is 6.98. The van der Waals surface area contributed by atoms with E-state index >= 15 is 0 Å². The van der Waals surface area contributed by atoms with Gasteiger partial charge in [0.05, 0.1) is 6.10 Å². The van der Waals surface area contributed by atoms with E-state index in [-0.39, 0.29) is 11.8 Å². The monoisotopic (exact) mass is 315 g/mol. The Balaban J connectivity index is 1.73. The molecule has 0 unspecified atom stereocenters. The van der Waals surface area contributed by atoms with Crippen molar-refractivity contribution in [3.8, 4) is 0 Å². The van der Waals surface area contributed by atoms with Crippen LogP contribution < -0.4 is 0 Å². The van der Waals surface area contributed by atoms with Crippen LogP contribution in [0.4, 0.5) is 0 Å². The summed E-state index contributed by atoms with van der Waals surface area (Å²) < 4.78 is 0. The van der Waals surface area contributed by atoms with Crippen molar-refractivity contribution in [2.45, 2.75) is 32.4 Å². The number of aliphatic hydroxyl groups is 1. The van der Waals surface area contributed by atoms with Crippen LogP contribution >= 0.6 is 11.3 Å². The van der Waals surface area contributed by atoms with E-state index in [0.717, 1.165) is 17.5 Å². The number of carbonyl (C=O) groups is 1. The van der Waals surface area contributed by atoms with E-state index in [9.17, 15) is 9.90 Å². The molecule has 2 atom stereocenters. The van der Waals surface area contributed by atoms with Gasteiger partial charge in [-0.3, -0.25) is 4.79 Å². The fourth-order valence-corrected chi connectivity index (χ4v) is 3.87. The van der Waals surface area contributed by atoms with Crippen LogP contribution in [-0.2, 0) is 17.8 Å². The van der Waals surface area contributed by atoms with Gasteiger partial charge in [-0.05, 0) is 35.4 Å². The van der Waals surface area contributed by atoms with Gasteiger partial charge in [0, 0.05) is 23.9 Å². The van der Waals surface area contributed by atoms with Crippen LogP contribution in [0, 0.1) is 5.92 Å². The number of hydrogen-bond donors (Lipinski definition) is 1. The average molecular weight is 315 g/mol. The number of aliphatic hydroxyl groups excluding tert-OH is 1. The van der Waals surface area contributed by atoms with E-state index in [2.05, 4.69) is 6.07 Å². The number of amides is 1. The smallest absolute Gasteiger partial charge is 0.226 e. The Morgan fingerprint density at radius 1 is 1.36 bits per heavy atom. The molecule has 3 rings (SSSR count). The van der Waals surface area contributed by atoms with Crippen molar-refractivity contribution in [3.05, 3.63) is 57.8 Å². The van der Waals surface area contributed by atoms with Crippen LogP contribution in [0.25, 0.3) is 0 Å². The SMILES string of the molecule is C[C@H](Cc1cccs1)C(=O)N1CC[C@@H](O)c2ccccc2C1. The van der Waals surface area contributed by atoms with Gasteiger partial charge in [0.2, 0.25) is 5.91 Å². The molecule has 116 valence electrons. The van der Waals surface area contributed by atoms with Crippen molar-refractivity contribution in [2.24, 2.45) is 5.92 Å². The van der Waals surface area contributed by atoms with Crippen molar-refractivity contribution in [1.29, 1.82) is 0 Å². The van der Waals surface area contributed by atoms with E-state index in [1.165, 1.54) is 4.88 Å². The third kappa shape index (κ3) is 3.23. The van der Waals surface area contributed by atoms with E-state index in [4.69, 9.17) is 0 Å². The quantitative estimate of drug-likeness (QED) is 0.943. The zero-order chi connectivity index (χ0) is 15.5. The lowest BCUT2D eigenvalue weighted by atomic mass is 10.0. The molecule has 22 heavy (non-hydrogen) atoms. The molecule has 1 N–H and O–H groups in total. The lowest BCUT2D eigenvalue weighted by Gasteiger charge is -2.24. The van der Waals surface area contributed by atoms with Crippen molar-refractivity contribution >= 4 is 17.2 Å². The van der Waals surface area contributed by atoms with Crippen LogP contribution in [0.5, 0.6) is 0 Å². The van der Waals surface area contributed by atoms with E-state index in [1.807, 2.05) is 47.5 Å². The molecule has 3 nitrogen and oxygen atoms in total. The second kappa shape index (κ2) is 6.63. The Kier molecular flexibility index (Phi) is 4.60. The first-order valence-corrected chi connectivity index (χ1v) is 8.60. The van der Waals surface area contributed by atoms with Crippen LogP contribution in [0.1, 0.15) is 35.5 Å². The number of thiophene rings is 1. The maximum atomic E-state index is 12.7. The molecule has 1 amide bonds. The Bertz CT molecular complexity index is 638. The molecular weight excluding hydrogens is 294 g/mol. The predicted molar refractivity (Wildman–Crippen MR) is 88.6 cm³/mol. The fourth-order valence-electron chi connectivity index (χ4n) is 3.04. The maximum absolute atomic E-state index is 12.7. The summed E-state index contributed by atoms with van der Waals surface area (Å²) in [5.41, 5.74) is 2.02. The number of hydrogen-bond acceptors (Lipinski definition) is 3. The highest BCUT2D eigenvalue weighted by Gasteiger charge is 2.26. The lowest BCUT2D eigenvalue weighted by Crippen LogP contribution is -2.35. The van der Waals surface area contributed by atoms with E-state index in [1.54, 1.807) is 11.3 Å². The third-order valence-electron chi connectivity index (χ3n) is 4.27. The average Bonchev–Trinajstić information content (AvgIpc) is 2.97. The molecule has 4 heteroatoms. The molecule has 2 aromatic rings. The summed E-state index contributed by atoms with van der Waals surface area (Å²) in [6.45, 7) is 3.21. The molecule has 0 saturated heterocycles. The number of nitrogens with zero attached hydrogens (tertiary/aromatic N) is 1. The van der Waals surface area contributed by atoms with Crippen molar-refractivity contribution < 1.29 is 9.90 Å². The molecule has 1 aliphatic rings. The van der Waals surface area contributed by atoms with Crippen molar-refractivity contribution in [2.75, 3.05) is 6.54 Å². The minimum absolute atomic E-state index is 0.0268. The number of rotatable bonds is 3. The standard InChI is InChI=1S/C18H21NO2S/c1-13(11-15-6-4-10-22-15)18(21)19-9-8-17(20)16-7-3-2-5-14(16)12-19/h2-7,10,13,17,20H,8-9,11-12H2,1H3/t13-,17-/m1/s1. The molecule has 1 aromatic heterocycles. The van der Waals surface area contributed by atoms with E-state index in [0.29, 0.717) is 19.5 Å². The molecule has 0 spiro atoms. The van der Waals surface area contributed by atoms with Crippen molar-refractivity contribution in [1.82, 2.24) is 4.90 Å². The summed E-state index contributed by atoms with van der Waals surface area (Å²) in [6.07, 6.45) is 0.924. The summed E-state index contributed by atoms with van der Waals surface area (Å²) >= 11 is 1.70. The molecule has 1 aliphatic heterocycles. The van der Waals surface area contributed by atoms with Gasteiger partial charge in [0.15, 0.2) is 0 Å². The van der Waals surface area contributed by atoms with Gasteiger partial charge in [-0.1, -0.05) is 37.3 Å². The van der Waals surface area contributed by atoms with Gasteiger partial charge >= 0.3 is 0 Å². The first-order chi connectivity index (χ1) is 10.6. The summed E-state index contributed by atoms with van der Waals surface area (Å²) in [6, 6.07) is 12.0. The zero-order valence-electron chi connectivity index (χ0n) is 12.7. The minimum atomic E-state index is -0.471. The first-order valence-electron chi connectivity index (χ1n) is 7.72. The predicted octanol–water partition coefficient (Wildman–Crippen LogP) is 3.39. The topological polar surface area (TPSA) is 40.5 Å². The minimum Gasteiger partial charge on any atom is -0.388 e. The fraction of sp³-hybridized carbons (Fsp3) is 0.389. The van der Waals surface area contributed by atoms with Crippen LogP contribution in [0.15, 0.2) is 41.8 Å². The van der Waals surface area contributed by atoms with E-state index < -0.39 is 6.10 Å². The van der Waals surface area contributed by atoms with Gasteiger partial charge in [-0.15, -0.1) is 11.3 Å². The normalized spacial score (nSPS) is 19.4. The highest BCUT2D eigenvalue weighted by atomic mass is 32.1. The molecule has 0 saturated carbocycles. The van der Waals surface area contributed by atoms with Crippen molar-refractivity contribution in [3.63, 3.8) is 0 Å². The van der Waals surface area contributed by atoms with Crippen LogP contribution in [0.3, 0.4) is 0 Å². The van der Waals surface area contributed by atoms with Gasteiger partial charge in [0.25, 0.3) is 0 Å². The first kappa shape index (κ1) is 15.3. The lowest BCUT2D eigenvalue weighted by molar-refractivity contribution is -0.135. The summed E-state index contributed by atoms with van der Waals surface area (Å²) in [5, 5.41) is 12.3. The van der Waals surface area contributed by atoms with Crippen LogP contribution in [-0.4, -0.2) is 22.5 Å². The molecule has 0 fully saturated rings. The second-order valence-electron chi connectivity index (χ2n) is 5.95. The van der Waals surface area contributed by atoms with Gasteiger partial charge in [-0.25, -0.2) is 0 Å². The van der Waals surface area contributed by atoms with Gasteiger partial charge in [-0.2, -0.15) is 0 Å². The van der Waals surface area contributed by atoms with Gasteiger partial charge < -0.3 is 10.0 Å². The van der Waals surface area contributed by atoms with Gasteiger partial charge in [0.1, 0.15) is 0 Å². The maximum Gasteiger partial charge on any atom is 0.226 e. The zero-order valence-corrected chi connectivity index (χ0v) is 13.6.